The molecule has 0 spiro atoms. The summed E-state index contributed by atoms with van der Waals surface area (Å²) in [6.45, 7) is 5.57. The first-order valence-electron chi connectivity index (χ1n) is 7.05. The SMILES string of the molecule is COC[C@@H]1CN(C(=O)c2ccc(OC)cc2)CC(C)(C)O1. The first-order valence-corrected chi connectivity index (χ1v) is 7.05. The molecule has 0 bridgehead atoms. The fraction of sp³-hybridized carbons (Fsp3) is 0.562. The van der Waals surface area contributed by atoms with E-state index >= 15 is 0 Å². The van der Waals surface area contributed by atoms with Gasteiger partial charge in [-0.25, -0.2) is 0 Å². The summed E-state index contributed by atoms with van der Waals surface area (Å²) >= 11 is 0. The second kappa shape index (κ2) is 6.45. The molecule has 0 N–H and O–H groups in total. The summed E-state index contributed by atoms with van der Waals surface area (Å²) in [7, 11) is 3.25. The van der Waals surface area contributed by atoms with Crippen molar-refractivity contribution in [2.45, 2.75) is 25.6 Å². The Balaban J connectivity index is 2.12. The first-order chi connectivity index (χ1) is 9.95. The Morgan fingerprint density at radius 2 is 2.00 bits per heavy atom. The van der Waals surface area contributed by atoms with Crippen LogP contribution in [0.4, 0.5) is 0 Å². The summed E-state index contributed by atoms with van der Waals surface area (Å²) in [4.78, 5) is 14.5. The zero-order chi connectivity index (χ0) is 15.5. The molecule has 0 radical (unpaired) electrons. The van der Waals surface area contributed by atoms with Gasteiger partial charge < -0.3 is 19.1 Å². The maximum atomic E-state index is 12.6. The molecule has 5 nitrogen and oxygen atoms in total. The van der Waals surface area contributed by atoms with Gasteiger partial charge in [0.2, 0.25) is 0 Å². The van der Waals surface area contributed by atoms with Gasteiger partial charge in [-0.15, -0.1) is 0 Å². The predicted molar refractivity (Wildman–Crippen MR) is 79.7 cm³/mol. The highest BCUT2D eigenvalue weighted by molar-refractivity contribution is 5.94. The molecule has 0 aliphatic carbocycles. The quantitative estimate of drug-likeness (QED) is 0.851. The van der Waals surface area contributed by atoms with E-state index in [0.717, 1.165) is 5.75 Å². The van der Waals surface area contributed by atoms with Crippen LogP contribution in [-0.2, 0) is 9.47 Å². The summed E-state index contributed by atoms with van der Waals surface area (Å²) in [6, 6.07) is 7.17. The van der Waals surface area contributed by atoms with Crippen LogP contribution in [0.5, 0.6) is 5.75 Å². The number of carbonyl (C=O) groups excluding carboxylic acids is 1. The summed E-state index contributed by atoms with van der Waals surface area (Å²) in [6.07, 6.45) is -0.0963. The molecule has 0 aromatic heterocycles. The van der Waals surface area contributed by atoms with Crippen LogP contribution in [0, 0.1) is 0 Å². The van der Waals surface area contributed by atoms with Crippen molar-refractivity contribution in [3.63, 3.8) is 0 Å². The Kier molecular flexibility index (Phi) is 4.85. The molecule has 0 saturated carbocycles. The van der Waals surface area contributed by atoms with E-state index < -0.39 is 0 Å². The molecule has 21 heavy (non-hydrogen) atoms. The average molecular weight is 293 g/mol. The van der Waals surface area contributed by atoms with Crippen LogP contribution in [0.1, 0.15) is 24.2 Å². The number of nitrogens with zero attached hydrogens (tertiary/aromatic N) is 1. The van der Waals surface area contributed by atoms with E-state index in [1.807, 2.05) is 18.7 Å². The van der Waals surface area contributed by atoms with Gasteiger partial charge in [-0.2, -0.15) is 0 Å². The minimum absolute atomic E-state index is 0.00938. The van der Waals surface area contributed by atoms with Crippen molar-refractivity contribution in [1.82, 2.24) is 4.90 Å². The fourth-order valence-electron chi connectivity index (χ4n) is 2.64. The van der Waals surface area contributed by atoms with Crippen LogP contribution in [-0.4, -0.2) is 56.4 Å². The Morgan fingerprint density at radius 1 is 1.33 bits per heavy atom. The number of morpholine rings is 1. The standard InChI is InChI=1S/C16H23NO4/c1-16(2)11-17(9-14(21-16)10-19-3)15(18)12-5-7-13(20-4)8-6-12/h5-8,14H,9-11H2,1-4H3/t14-/m0/s1. The topological polar surface area (TPSA) is 48.0 Å². The molecule has 5 heteroatoms. The van der Waals surface area contributed by atoms with Gasteiger partial charge in [0.15, 0.2) is 0 Å². The van der Waals surface area contributed by atoms with E-state index in [-0.39, 0.29) is 17.6 Å². The second-order valence-electron chi connectivity index (χ2n) is 5.87. The van der Waals surface area contributed by atoms with Crippen LogP contribution in [0.3, 0.4) is 0 Å². The minimum Gasteiger partial charge on any atom is -0.497 e. The van der Waals surface area contributed by atoms with Crippen molar-refractivity contribution in [1.29, 1.82) is 0 Å². The second-order valence-corrected chi connectivity index (χ2v) is 5.87. The molecule has 1 aliphatic heterocycles. The zero-order valence-electron chi connectivity index (χ0n) is 13.1. The summed E-state index contributed by atoms with van der Waals surface area (Å²) in [5, 5.41) is 0. The van der Waals surface area contributed by atoms with Crippen LogP contribution < -0.4 is 4.74 Å². The third-order valence-corrected chi connectivity index (χ3v) is 3.46. The number of methoxy groups -OCH3 is 2. The number of carbonyl (C=O) groups is 1. The van der Waals surface area contributed by atoms with Gasteiger partial charge in [0.05, 0.1) is 25.4 Å². The van der Waals surface area contributed by atoms with Crippen LogP contribution in [0.2, 0.25) is 0 Å². The molecule has 1 aromatic rings. The highest BCUT2D eigenvalue weighted by Gasteiger charge is 2.35. The molecular formula is C16H23NO4. The van der Waals surface area contributed by atoms with E-state index in [0.29, 0.717) is 25.3 Å². The molecule has 1 aromatic carbocycles. The summed E-state index contributed by atoms with van der Waals surface area (Å²) in [5.74, 6) is 0.751. The molecule has 1 atom stereocenters. The molecule has 1 fully saturated rings. The Labute approximate surface area is 125 Å². The van der Waals surface area contributed by atoms with Gasteiger partial charge in [-0.05, 0) is 38.1 Å². The summed E-state index contributed by atoms with van der Waals surface area (Å²) < 4.78 is 16.2. The molecular weight excluding hydrogens is 270 g/mol. The van der Waals surface area contributed by atoms with Gasteiger partial charge in [-0.3, -0.25) is 4.79 Å². The van der Waals surface area contributed by atoms with Crippen molar-refractivity contribution in [2.75, 3.05) is 33.9 Å². The number of ether oxygens (including phenoxy) is 3. The van der Waals surface area contributed by atoms with Crippen molar-refractivity contribution in [3.05, 3.63) is 29.8 Å². The number of hydrogen-bond acceptors (Lipinski definition) is 4. The largest absolute Gasteiger partial charge is 0.497 e. The maximum absolute atomic E-state index is 12.6. The van der Waals surface area contributed by atoms with E-state index in [1.54, 1.807) is 38.5 Å². The normalized spacial score (nSPS) is 21.1. The Bertz CT molecular complexity index is 484. The maximum Gasteiger partial charge on any atom is 0.254 e. The molecule has 1 aliphatic rings. The van der Waals surface area contributed by atoms with Crippen LogP contribution in [0.15, 0.2) is 24.3 Å². The highest BCUT2D eigenvalue weighted by atomic mass is 16.5. The van der Waals surface area contributed by atoms with Crippen molar-refractivity contribution in [2.24, 2.45) is 0 Å². The Morgan fingerprint density at radius 3 is 2.57 bits per heavy atom. The lowest BCUT2D eigenvalue weighted by Crippen LogP contribution is -2.55. The van der Waals surface area contributed by atoms with Crippen molar-refractivity contribution in [3.8, 4) is 5.75 Å². The van der Waals surface area contributed by atoms with Gasteiger partial charge in [-0.1, -0.05) is 0 Å². The Hall–Kier alpha value is -1.59. The fourth-order valence-corrected chi connectivity index (χ4v) is 2.64. The monoisotopic (exact) mass is 293 g/mol. The number of rotatable bonds is 4. The number of hydrogen-bond donors (Lipinski definition) is 0. The molecule has 1 amide bonds. The van der Waals surface area contributed by atoms with E-state index in [2.05, 4.69) is 0 Å². The molecule has 2 rings (SSSR count). The van der Waals surface area contributed by atoms with Gasteiger partial charge in [0.1, 0.15) is 5.75 Å². The minimum atomic E-state index is -0.371. The third-order valence-electron chi connectivity index (χ3n) is 3.46. The molecule has 1 saturated heterocycles. The lowest BCUT2D eigenvalue weighted by Gasteiger charge is -2.42. The molecule has 116 valence electrons. The smallest absolute Gasteiger partial charge is 0.254 e. The average Bonchev–Trinajstić information content (AvgIpc) is 2.45. The first kappa shape index (κ1) is 15.8. The van der Waals surface area contributed by atoms with E-state index in [1.165, 1.54) is 0 Å². The van der Waals surface area contributed by atoms with E-state index in [4.69, 9.17) is 14.2 Å². The van der Waals surface area contributed by atoms with Crippen LogP contribution in [0.25, 0.3) is 0 Å². The van der Waals surface area contributed by atoms with Crippen LogP contribution >= 0.6 is 0 Å². The number of benzene rings is 1. The predicted octanol–water partition coefficient (Wildman–Crippen LogP) is 1.96. The van der Waals surface area contributed by atoms with Crippen molar-refractivity contribution < 1.29 is 19.0 Å². The lowest BCUT2D eigenvalue weighted by molar-refractivity contribution is -0.143. The van der Waals surface area contributed by atoms with Crippen molar-refractivity contribution >= 4 is 5.91 Å². The third kappa shape index (κ3) is 3.95. The van der Waals surface area contributed by atoms with Gasteiger partial charge >= 0.3 is 0 Å². The number of amides is 1. The summed E-state index contributed by atoms with van der Waals surface area (Å²) in [5.41, 5.74) is 0.286. The highest BCUT2D eigenvalue weighted by Crippen LogP contribution is 2.23. The van der Waals surface area contributed by atoms with E-state index in [9.17, 15) is 4.79 Å². The molecule has 1 heterocycles. The van der Waals surface area contributed by atoms with Gasteiger partial charge in [0.25, 0.3) is 5.91 Å². The van der Waals surface area contributed by atoms with Gasteiger partial charge in [0, 0.05) is 25.8 Å². The molecule has 0 unspecified atom stereocenters. The zero-order valence-corrected chi connectivity index (χ0v) is 13.1. The lowest BCUT2D eigenvalue weighted by atomic mass is 10.0.